The van der Waals surface area contributed by atoms with E-state index in [2.05, 4.69) is 4.98 Å². The Morgan fingerprint density at radius 3 is 2.60 bits per heavy atom. The molecule has 2 aromatic carbocycles. The van der Waals surface area contributed by atoms with Crippen molar-refractivity contribution < 1.29 is 17.9 Å². The first-order valence-corrected chi connectivity index (χ1v) is 11.4. The van der Waals surface area contributed by atoms with Crippen molar-refractivity contribution in [1.82, 2.24) is 9.29 Å². The lowest BCUT2D eigenvalue weighted by Gasteiger charge is -2.26. The molecule has 7 nitrogen and oxygen atoms in total. The van der Waals surface area contributed by atoms with Crippen LogP contribution < -0.4 is 4.90 Å². The number of aromatic nitrogens is 1. The van der Waals surface area contributed by atoms with Crippen LogP contribution in [-0.2, 0) is 21.2 Å². The van der Waals surface area contributed by atoms with Gasteiger partial charge in [-0.1, -0.05) is 24.3 Å². The van der Waals surface area contributed by atoms with Crippen LogP contribution in [-0.4, -0.2) is 56.5 Å². The predicted octanol–water partition coefficient (Wildman–Crippen LogP) is 2.46. The Bertz CT molecular complexity index is 1240. The van der Waals surface area contributed by atoms with Gasteiger partial charge in [0.1, 0.15) is 5.69 Å². The van der Waals surface area contributed by atoms with Gasteiger partial charge in [-0.15, -0.1) is 0 Å². The number of amides is 1. The molecule has 0 radical (unpaired) electrons. The van der Waals surface area contributed by atoms with E-state index in [0.717, 1.165) is 22.2 Å². The molecular weight excluding hydrogens is 402 g/mol. The summed E-state index contributed by atoms with van der Waals surface area (Å²) < 4.78 is 32.6. The van der Waals surface area contributed by atoms with E-state index in [1.165, 1.54) is 4.31 Å². The predicted molar refractivity (Wildman–Crippen MR) is 113 cm³/mol. The summed E-state index contributed by atoms with van der Waals surface area (Å²) >= 11 is 0. The van der Waals surface area contributed by atoms with Crippen molar-refractivity contribution in [3.05, 3.63) is 65.9 Å². The summed E-state index contributed by atoms with van der Waals surface area (Å²) in [6.07, 6.45) is 0.612. The number of ether oxygens (including phenoxy) is 1. The van der Waals surface area contributed by atoms with E-state index in [1.54, 1.807) is 29.2 Å². The van der Waals surface area contributed by atoms with Gasteiger partial charge in [0, 0.05) is 30.7 Å². The highest BCUT2D eigenvalue weighted by Crippen LogP contribution is 2.32. The Morgan fingerprint density at radius 1 is 0.967 bits per heavy atom. The van der Waals surface area contributed by atoms with Crippen LogP contribution >= 0.6 is 0 Å². The average molecular weight is 423 g/mol. The quantitative estimate of drug-likeness (QED) is 0.647. The molecule has 5 rings (SSSR count). The van der Waals surface area contributed by atoms with Crippen molar-refractivity contribution >= 4 is 32.5 Å². The Labute approximate surface area is 174 Å². The summed E-state index contributed by atoms with van der Waals surface area (Å²) in [6.45, 7) is 2.04. The smallest absolute Gasteiger partial charge is 0.276 e. The van der Waals surface area contributed by atoms with Crippen molar-refractivity contribution in [2.45, 2.75) is 11.3 Å². The molecule has 0 saturated carbocycles. The minimum absolute atomic E-state index is 0.178. The molecule has 0 N–H and O–H groups in total. The number of rotatable bonds is 3. The molecule has 8 heteroatoms. The molecule has 2 aliphatic rings. The zero-order valence-electron chi connectivity index (χ0n) is 16.3. The summed E-state index contributed by atoms with van der Waals surface area (Å²) in [4.78, 5) is 19.6. The normalized spacial score (nSPS) is 17.3. The highest BCUT2D eigenvalue weighted by molar-refractivity contribution is 7.89. The first-order chi connectivity index (χ1) is 14.5. The van der Waals surface area contributed by atoms with Gasteiger partial charge in [-0.05, 0) is 42.3 Å². The molecule has 1 fully saturated rings. The van der Waals surface area contributed by atoms with Crippen molar-refractivity contribution in [3.8, 4) is 0 Å². The van der Waals surface area contributed by atoms with Gasteiger partial charge >= 0.3 is 0 Å². The molecule has 0 unspecified atom stereocenters. The Hall–Kier alpha value is -2.81. The van der Waals surface area contributed by atoms with Gasteiger partial charge in [0.2, 0.25) is 10.0 Å². The van der Waals surface area contributed by atoms with Crippen LogP contribution in [0, 0.1) is 0 Å². The van der Waals surface area contributed by atoms with Crippen LogP contribution in [0.1, 0.15) is 16.1 Å². The number of morpholine rings is 1. The lowest BCUT2D eigenvalue weighted by molar-refractivity contribution is 0.0730. The molecular formula is C22H21N3O4S. The summed E-state index contributed by atoms with van der Waals surface area (Å²) in [5, 5.41) is 0.980. The fourth-order valence-corrected chi connectivity index (χ4v) is 5.47. The summed E-state index contributed by atoms with van der Waals surface area (Å²) in [5.41, 5.74) is 2.76. The van der Waals surface area contributed by atoms with E-state index in [-0.39, 0.29) is 10.8 Å². The Morgan fingerprint density at radius 2 is 1.77 bits per heavy atom. The Kier molecular flexibility index (Phi) is 4.77. The van der Waals surface area contributed by atoms with Gasteiger partial charge < -0.3 is 9.64 Å². The van der Waals surface area contributed by atoms with Crippen LogP contribution in [0.2, 0.25) is 0 Å². The topological polar surface area (TPSA) is 79.8 Å². The van der Waals surface area contributed by atoms with Gasteiger partial charge in [-0.25, -0.2) is 13.4 Å². The van der Waals surface area contributed by atoms with Gasteiger partial charge in [0.05, 0.1) is 23.6 Å². The molecule has 1 saturated heterocycles. The number of carbonyl (C=O) groups is 1. The molecule has 1 amide bonds. The van der Waals surface area contributed by atoms with E-state index in [4.69, 9.17) is 4.74 Å². The van der Waals surface area contributed by atoms with Crippen LogP contribution in [0.3, 0.4) is 0 Å². The number of para-hydroxylation sites is 1. The van der Waals surface area contributed by atoms with Crippen LogP contribution in [0.5, 0.6) is 0 Å². The molecule has 2 aliphatic heterocycles. The zero-order chi connectivity index (χ0) is 20.7. The van der Waals surface area contributed by atoms with Gasteiger partial charge in [0.15, 0.2) is 0 Å². The molecule has 3 heterocycles. The minimum atomic E-state index is -3.56. The second-order valence-electron chi connectivity index (χ2n) is 7.40. The third-order valence-corrected chi connectivity index (χ3v) is 7.51. The first kappa shape index (κ1) is 19.2. The SMILES string of the molecule is O=C(c1ccc2ccccc2n1)N1CCc2cc(S(=O)(=O)N3CCOCC3)ccc21. The fraction of sp³-hybridized carbons (Fsp3) is 0.273. The number of hydrogen-bond acceptors (Lipinski definition) is 5. The second kappa shape index (κ2) is 7.46. The number of nitrogens with zero attached hydrogens (tertiary/aromatic N) is 3. The van der Waals surface area contributed by atoms with Crippen LogP contribution in [0.4, 0.5) is 5.69 Å². The summed E-state index contributed by atoms with van der Waals surface area (Å²) in [6, 6.07) is 16.3. The number of anilines is 1. The number of sulfonamides is 1. The van der Waals surface area contributed by atoms with Gasteiger partial charge in [-0.2, -0.15) is 4.31 Å². The van der Waals surface area contributed by atoms with Gasteiger partial charge in [0.25, 0.3) is 5.91 Å². The maximum Gasteiger partial charge on any atom is 0.276 e. The standard InChI is InChI=1S/C22H21N3O4S/c26-22(20-7-5-16-3-1-2-4-19(16)23-20)25-10-9-17-15-18(6-8-21(17)25)30(27,28)24-11-13-29-14-12-24/h1-8,15H,9-14H2. The third-order valence-electron chi connectivity index (χ3n) is 5.62. The maximum atomic E-state index is 13.1. The number of carbonyl (C=O) groups excluding carboxylic acids is 1. The van der Waals surface area contributed by atoms with Gasteiger partial charge in [-0.3, -0.25) is 4.79 Å². The first-order valence-electron chi connectivity index (χ1n) is 9.92. The molecule has 154 valence electrons. The molecule has 0 bridgehead atoms. The number of pyridine rings is 1. The molecule has 0 atom stereocenters. The summed E-state index contributed by atoms with van der Waals surface area (Å²) in [5.74, 6) is -0.178. The largest absolute Gasteiger partial charge is 0.379 e. The molecule has 3 aromatic rings. The second-order valence-corrected chi connectivity index (χ2v) is 9.34. The minimum Gasteiger partial charge on any atom is -0.379 e. The summed E-state index contributed by atoms with van der Waals surface area (Å²) in [7, 11) is -3.56. The van der Waals surface area contributed by atoms with E-state index in [9.17, 15) is 13.2 Å². The maximum absolute atomic E-state index is 13.1. The van der Waals surface area contributed by atoms with E-state index in [0.29, 0.717) is 45.0 Å². The van der Waals surface area contributed by atoms with Crippen molar-refractivity contribution in [1.29, 1.82) is 0 Å². The van der Waals surface area contributed by atoms with Crippen LogP contribution in [0.15, 0.2) is 59.5 Å². The number of benzene rings is 2. The molecule has 0 spiro atoms. The van der Waals surface area contributed by atoms with Crippen molar-refractivity contribution in [3.63, 3.8) is 0 Å². The highest BCUT2D eigenvalue weighted by Gasteiger charge is 2.31. The lowest BCUT2D eigenvalue weighted by atomic mass is 10.1. The van der Waals surface area contributed by atoms with Crippen molar-refractivity contribution in [2.75, 3.05) is 37.7 Å². The monoisotopic (exact) mass is 423 g/mol. The highest BCUT2D eigenvalue weighted by atomic mass is 32.2. The average Bonchev–Trinajstić information content (AvgIpc) is 3.22. The lowest BCUT2D eigenvalue weighted by Crippen LogP contribution is -2.40. The zero-order valence-corrected chi connectivity index (χ0v) is 17.1. The molecule has 30 heavy (non-hydrogen) atoms. The van der Waals surface area contributed by atoms with E-state index >= 15 is 0 Å². The Balaban J connectivity index is 1.43. The molecule has 0 aliphatic carbocycles. The van der Waals surface area contributed by atoms with E-state index in [1.807, 2.05) is 30.3 Å². The number of hydrogen-bond donors (Lipinski definition) is 0. The third kappa shape index (κ3) is 3.27. The number of fused-ring (bicyclic) bond motifs is 2. The van der Waals surface area contributed by atoms with Crippen LogP contribution in [0.25, 0.3) is 10.9 Å². The van der Waals surface area contributed by atoms with Crippen molar-refractivity contribution in [2.24, 2.45) is 0 Å². The molecule has 1 aromatic heterocycles. The van der Waals surface area contributed by atoms with E-state index < -0.39 is 10.0 Å². The fourth-order valence-electron chi connectivity index (χ4n) is 4.01.